The lowest BCUT2D eigenvalue weighted by Gasteiger charge is -2.13. The van der Waals surface area contributed by atoms with Crippen molar-refractivity contribution >= 4 is 23.2 Å². The summed E-state index contributed by atoms with van der Waals surface area (Å²) in [6, 6.07) is 7.28. The molecule has 0 bridgehead atoms. The molecule has 0 aliphatic rings. The summed E-state index contributed by atoms with van der Waals surface area (Å²) in [6.07, 6.45) is 0. The van der Waals surface area contributed by atoms with Crippen LogP contribution in [-0.2, 0) is 0 Å². The molecule has 2 rings (SSSR count). The first-order chi connectivity index (χ1) is 8.50. The molecular formula is C13H7Cl2F3. The van der Waals surface area contributed by atoms with Gasteiger partial charge in [0.15, 0.2) is 11.6 Å². The van der Waals surface area contributed by atoms with Crippen LogP contribution in [-0.4, -0.2) is 0 Å². The van der Waals surface area contributed by atoms with E-state index in [1.54, 1.807) is 0 Å². The summed E-state index contributed by atoms with van der Waals surface area (Å²) >= 11 is 11.9. The summed E-state index contributed by atoms with van der Waals surface area (Å²) in [5.74, 6) is -2.61. The Balaban J connectivity index is 2.48. The van der Waals surface area contributed by atoms with Gasteiger partial charge in [0.25, 0.3) is 0 Å². The number of alkyl halides is 1. The molecule has 2 aromatic carbocycles. The van der Waals surface area contributed by atoms with E-state index in [-0.39, 0.29) is 16.1 Å². The molecule has 0 aliphatic heterocycles. The quantitative estimate of drug-likeness (QED) is 0.676. The molecule has 18 heavy (non-hydrogen) atoms. The van der Waals surface area contributed by atoms with Gasteiger partial charge in [-0.05, 0) is 29.8 Å². The Labute approximate surface area is 112 Å². The van der Waals surface area contributed by atoms with Crippen LogP contribution in [0.5, 0.6) is 0 Å². The summed E-state index contributed by atoms with van der Waals surface area (Å²) in [7, 11) is 0. The van der Waals surface area contributed by atoms with Crippen LogP contribution in [0.25, 0.3) is 0 Å². The maximum atomic E-state index is 13.6. The molecule has 0 saturated heterocycles. The third-order valence-corrected chi connectivity index (χ3v) is 3.29. The van der Waals surface area contributed by atoms with Crippen molar-refractivity contribution in [3.05, 3.63) is 70.0 Å². The fourth-order valence-corrected chi connectivity index (χ4v) is 2.28. The van der Waals surface area contributed by atoms with Gasteiger partial charge in [0.2, 0.25) is 0 Å². The minimum Gasteiger partial charge on any atom is -0.207 e. The summed E-state index contributed by atoms with van der Waals surface area (Å²) in [6.45, 7) is 0. The van der Waals surface area contributed by atoms with Gasteiger partial charge in [-0.25, -0.2) is 13.2 Å². The SMILES string of the molecule is Fc1ccc(C(Cl)c2c(F)cccc2Cl)cc1F. The minimum atomic E-state index is -1.04. The van der Waals surface area contributed by atoms with Gasteiger partial charge in [0, 0.05) is 10.6 Å². The summed E-state index contributed by atoms with van der Waals surface area (Å²) < 4.78 is 39.5. The van der Waals surface area contributed by atoms with Gasteiger partial charge in [-0.3, -0.25) is 0 Å². The molecule has 0 aromatic heterocycles. The van der Waals surface area contributed by atoms with E-state index in [9.17, 15) is 13.2 Å². The van der Waals surface area contributed by atoms with Crippen molar-refractivity contribution in [1.82, 2.24) is 0 Å². The number of hydrogen-bond acceptors (Lipinski definition) is 0. The van der Waals surface area contributed by atoms with Crippen LogP contribution in [0.4, 0.5) is 13.2 Å². The van der Waals surface area contributed by atoms with Gasteiger partial charge in [-0.1, -0.05) is 23.7 Å². The third kappa shape index (κ3) is 2.47. The van der Waals surface area contributed by atoms with Crippen LogP contribution < -0.4 is 0 Å². The number of rotatable bonds is 2. The van der Waals surface area contributed by atoms with E-state index in [1.807, 2.05) is 0 Å². The van der Waals surface area contributed by atoms with Crippen LogP contribution in [0.3, 0.4) is 0 Å². The fourth-order valence-electron chi connectivity index (χ4n) is 1.59. The Hall–Kier alpha value is -1.19. The molecule has 0 saturated carbocycles. The molecular weight excluding hydrogens is 284 g/mol. The van der Waals surface area contributed by atoms with Crippen molar-refractivity contribution < 1.29 is 13.2 Å². The van der Waals surface area contributed by atoms with Gasteiger partial charge in [0.05, 0.1) is 5.38 Å². The molecule has 0 nitrogen and oxygen atoms in total. The van der Waals surface area contributed by atoms with E-state index in [0.29, 0.717) is 0 Å². The van der Waals surface area contributed by atoms with Crippen molar-refractivity contribution in [1.29, 1.82) is 0 Å². The minimum absolute atomic E-state index is 0.0480. The fraction of sp³-hybridized carbons (Fsp3) is 0.0769. The highest BCUT2D eigenvalue weighted by Crippen LogP contribution is 2.35. The lowest BCUT2D eigenvalue weighted by molar-refractivity contribution is 0.507. The summed E-state index contributed by atoms with van der Waals surface area (Å²) in [5, 5.41) is -0.839. The Morgan fingerprint density at radius 2 is 1.61 bits per heavy atom. The van der Waals surface area contributed by atoms with Crippen molar-refractivity contribution in [2.24, 2.45) is 0 Å². The van der Waals surface area contributed by atoms with Crippen molar-refractivity contribution in [2.45, 2.75) is 5.38 Å². The predicted molar refractivity (Wildman–Crippen MR) is 65.5 cm³/mol. The molecule has 1 unspecified atom stereocenters. The lowest BCUT2D eigenvalue weighted by atomic mass is 10.0. The monoisotopic (exact) mass is 290 g/mol. The van der Waals surface area contributed by atoms with Crippen molar-refractivity contribution in [3.63, 3.8) is 0 Å². The molecule has 0 heterocycles. The molecule has 0 aliphatic carbocycles. The Morgan fingerprint density at radius 3 is 2.22 bits per heavy atom. The number of halogens is 5. The second kappa shape index (κ2) is 5.21. The van der Waals surface area contributed by atoms with Crippen molar-refractivity contribution in [2.75, 3.05) is 0 Å². The average Bonchev–Trinajstić information content (AvgIpc) is 2.32. The molecule has 94 valence electrons. The second-order valence-electron chi connectivity index (χ2n) is 3.67. The maximum Gasteiger partial charge on any atom is 0.159 e. The van der Waals surface area contributed by atoms with E-state index in [1.165, 1.54) is 24.3 Å². The van der Waals surface area contributed by atoms with E-state index < -0.39 is 22.8 Å². The first-order valence-corrected chi connectivity index (χ1v) is 5.85. The van der Waals surface area contributed by atoms with Gasteiger partial charge in [0.1, 0.15) is 5.82 Å². The standard InChI is InChI=1S/C13H7Cl2F3/c14-8-2-1-3-10(17)12(8)13(15)7-4-5-9(16)11(18)6-7/h1-6,13H. The smallest absolute Gasteiger partial charge is 0.159 e. The third-order valence-electron chi connectivity index (χ3n) is 2.49. The zero-order valence-electron chi connectivity index (χ0n) is 8.93. The van der Waals surface area contributed by atoms with Gasteiger partial charge >= 0.3 is 0 Å². The van der Waals surface area contributed by atoms with Gasteiger partial charge in [-0.2, -0.15) is 0 Å². The summed E-state index contributed by atoms with van der Waals surface area (Å²) in [4.78, 5) is 0. The van der Waals surface area contributed by atoms with E-state index in [0.717, 1.165) is 12.1 Å². The molecule has 0 fully saturated rings. The summed E-state index contributed by atoms with van der Waals surface area (Å²) in [5.41, 5.74) is 0.286. The Bertz CT molecular complexity index is 564. The highest BCUT2D eigenvalue weighted by Gasteiger charge is 2.19. The van der Waals surface area contributed by atoms with Crippen LogP contribution in [0.1, 0.15) is 16.5 Å². The zero-order chi connectivity index (χ0) is 13.3. The highest BCUT2D eigenvalue weighted by molar-refractivity contribution is 6.33. The Morgan fingerprint density at radius 1 is 0.889 bits per heavy atom. The zero-order valence-corrected chi connectivity index (χ0v) is 10.4. The topological polar surface area (TPSA) is 0 Å². The lowest BCUT2D eigenvalue weighted by Crippen LogP contribution is -1.99. The van der Waals surface area contributed by atoms with E-state index in [4.69, 9.17) is 23.2 Å². The second-order valence-corrected chi connectivity index (χ2v) is 4.52. The normalized spacial score (nSPS) is 12.5. The maximum absolute atomic E-state index is 13.6. The van der Waals surface area contributed by atoms with Crippen molar-refractivity contribution in [3.8, 4) is 0 Å². The largest absolute Gasteiger partial charge is 0.207 e. The number of hydrogen-bond donors (Lipinski definition) is 0. The number of benzene rings is 2. The van der Waals surface area contributed by atoms with E-state index in [2.05, 4.69) is 0 Å². The Kier molecular flexibility index (Phi) is 3.83. The molecule has 0 radical (unpaired) electrons. The van der Waals surface area contributed by atoms with Gasteiger partial charge in [-0.15, -0.1) is 11.6 Å². The van der Waals surface area contributed by atoms with Crippen LogP contribution in [0.15, 0.2) is 36.4 Å². The van der Waals surface area contributed by atoms with E-state index >= 15 is 0 Å². The van der Waals surface area contributed by atoms with Crippen LogP contribution in [0.2, 0.25) is 5.02 Å². The van der Waals surface area contributed by atoms with Gasteiger partial charge < -0.3 is 0 Å². The molecule has 5 heteroatoms. The van der Waals surface area contributed by atoms with Crippen LogP contribution >= 0.6 is 23.2 Å². The molecule has 0 amide bonds. The first-order valence-electron chi connectivity index (χ1n) is 5.03. The highest BCUT2D eigenvalue weighted by atomic mass is 35.5. The molecule has 0 spiro atoms. The molecule has 2 aromatic rings. The van der Waals surface area contributed by atoms with Crippen LogP contribution in [0, 0.1) is 17.5 Å². The average molecular weight is 291 g/mol. The molecule has 1 atom stereocenters. The first kappa shape index (κ1) is 13.2. The molecule has 0 N–H and O–H groups in total. The predicted octanol–water partition coefficient (Wildman–Crippen LogP) is 5.09.